The van der Waals surface area contributed by atoms with Crippen LogP contribution < -0.4 is 11.5 Å². The third-order valence-corrected chi connectivity index (χ3v) is 3.87. The summed E-state index contributed by atoms with van der Waals surface area (Å²) < 4.78 is 13.0. The predicted molar refractivity (Wildman–Crippen MR) is 77.5 cm³/mol. The molecule has 4 N–H and O–H groups in total. The number of nitrogen functional groups attached to an aromatic ring is 1. The van der Waals surface area contributed by atoms with Gasteiger partial charge in [-0.25, -0.2) is 4.39 Å². The van der Waals surface area contributed by atoms with Gasteiger partial charge in [0.15, 0.2) is 0 Å². The van der Waals surface area contributed by atoms with Crippen molar-refractivity contribution >= 4 is 17.4 Å². The molecule has 0 saturated heterocycles. The lowest BCUT2D eigenvalue weighted by Gasteiger charge is -2.12. The van der Waals surface area contributed by atoms with Gasteiger partial charge in [0.2, 0.25) is 0 Å². The lowest BCUT2D eigenvalue weighted by atomic mass is 10.1. The minimum atomic E-state index is -0.227. The summed E-state index contributed by atoms with van der Waals surface area (Å²) in [4.78, 5) is 4.92. The van der Waals surface area contributed by atoms with E-state index in [-0.39, 0.29) is 11.9 Å². The van der Waals surface area contributed by atoms with Gasteiger partial charge in [-0.05, 0) is 36.2 Å². The predicted octanol–water partition coefficient (Wildman–Crippen LogP) is 2.47. The van der Waals surface area contributed by atoms with Gasteiger partial charge in [-0.1, -0.05) is 6.07 Å². The van der Waals surface area contributed by atoms with E-state index in [9.17, 15) is 4.39 Å². The number of pyridine rings is 1. The SMILES string of the molecule is Nc1ccncc1CC(N)CSc1cccc(F)c1. The molecule has 1 heterocycles. The summed E-state index contributed by atoms with van der Waals surface area (Å²) in [6, 6.07) is 8.24. The second kappa shape index (κ2) is 6.54. The van der Waals surface area contributed by atoms with Crippen LogP contribution in [0.25, 0.3) is 0 Å². The fraction of sp³-hybridized carbons (Fsp3) is 0.214. The zero-order valence-electron chi connectivity index (χ0n) is 10.4. The van der Waals surface area contributed by atoms with Crippen LogP contribution in [-0.4, -0.2) is 16.8 Å². The molecule has 0 aliphatic rings. The molecular formula is C14H16FN3S. The summed E-state index contributed by atoms with van der Waals surface area (Å²) in [5.74, 6) is 0.479. The molecule has 1 aromatic heterocycles. The molecule has 2 rings (SSSR count). The van der Waals surface area contributed by atoms with E-state index in [4.69, 9.17) is 11.5 Å². The minimum absolute atomic E-state index is 0.0419. The molecule has 0 radical (unpaired) electrons. The summed E-state index contributed by atoms with van der Waals surface area (Å²) in [5.41, 5.74) is 13.6. The van der Waals surface area contributed by atoms with Crippen molar-refractivity contribution in [2.75, 3.05) is 11.5 Å². The van der Waals surface area contributed by atoms with E-state index in [1.165, 1.54) is 12.1 Å². The Morgan fingerprint density at radius 1 is 1.32 bits per heavy atom. The van der Waals surface area contributed by atoms with Crippen LogP contribution in [0.3, 0.4) is 0 Å². The fourth-order valence-electron chi connectivity index (χ4n) is 1.71. The second-order valence-corrected chi connectivity index (χ2v) is 5.40. The van der Waals surface area contributed by atoms with Crippen molar-refractivity contribution in [1.82, 2.24) is 4.98 Å². The highest BCUT2D eigenvalue weighted by molar-refractivity contribution is 7.99. The molecule has 5 heteroatoms. The number of rotatable bonds is 5. The van der Waals surface area contributed by atoms with E-state index in [0.29, 0.717) is 17.9 Å². The lowest BCUT2D eigenvalue weighted by molar-refractivity contribution is 0.624. The molecule has 1 aromatic carbocycles. The van der Waals surface area contributed by atoms with Gasteiger partial charge < -0.3 is 11.5 Å². The maximum atomic E-state index is 13.0. The number of benzene rings is 1. The smallest absolute Gasteiger partial charge is 0.124 e. The maximum Gasteiger partial charge on any atom is 0.124 e. The average molecular weight is 277 g/mol. The zero-order valence-corrected chi connectivity index (χ0v) is 11.2. The Kier molecular flexibility index (Phi) is 4.76. The van der Waals surface area contributed by atoms with Crippen molar-refractivity contribution in [3.8, 4) is 0 Å². The minimum Gasteiger partial charge on any atom is -0.398 e. The van der Waals surface area contributed by atoms with E-state index in [0.717, 1.165) is 10.5 Å². The molecule has 0 saturated carbocycles. The Hall–Kier alpha value is -1.59. The fourth-order valence-corrected chi connectivity index (χ4v) is 2.60. The Morgan fingerprint density at radius 3 is 2.89 bits per heavy atom. The number of halogens is 1. The first-order chi connectivity index (χ1) is 9.15. The number of anilines is 1. The summed E-state index contributed by atoms with van der Waals surface area (Å²) in [6.45, 7) is 0. The normalized spacial score (nSPS) is 12.3. The highest BCUT2D eigenvalue weighted by Gasteiger charge is 2.08. The number of aromatic nitrogens is 1. The van der Waals surface area contributed by atoms with Crippen LogP contribution in [0.2, 0.25) is 0 Å². The Balaban J connectivity index is 1.88. The highest BCUT2D eigenvalue weighted by atomic mass is 32.2. The molecule has 1 unspecified atom stereocenters. The van der Waals surface area contributed by atoms with Gasteiger partial charge in [0.05, 0.1) is 0 Å². The molecule has 0 aliphatic carbocycles. The van der Waals surface area contributed by atoms with E-state index < -0.39 is 0 Å². The molecule has 0 amide bonds. The summed E-state index contributed by atoms with van der Waals surface area (Å²) in [7, 11) is 0. The van der Waals surface area contributed by atoms with Crippen LogP contribution in [0.15, 0.2) is 47.6 Å². The molecule has 0 aliphatic heterocycles. The molecule has 0 spiro atoms. The van der Waals surface area contributed by atoms with Crippen LogP contribution in [-0.2, 0) is 6.42 Å². The molecule has 0 fully saturated rings. The molecule has 2 aromatic rings. The first-order valence-electron chi connectivity index (χ1n) is 5.97. The van der Waals surface area contributed by atoms with Gasteiger partial charge in [-0.3, -0.25) is 4.98 Å². The van der Waals surface area contributed by atoms with Crippen molar-refractivity contribution in [3.63, 3.8) is 0 Å². The third-order valence-electron chi connectivity index (χ3n) is 2.68. The van der Waals surface area contributed by atoms with E-state index in [1.807, 2.05) is 6.07 Å². The lowest BCUT2D eigenvalue weighted by Crippen LogP contribution is -2.26. The number of hydrogen-bond donors (Lipinski definition) is 2. The van der Waals surface area contributed by atoms with Gasteiger partial charge in [0, 0.05) is 34.8 Å². The van der Waals surface area contributed by atoms with Gasteiger partial charge in [0.25, 0.3) is 0 Å². The molecule has 1 atom stereocenters. The van der Waals surface area contributed by atoms with Gasteiger partial charge in [-0.15, -0.1) is 11.8 Å². The van der Waals surface area contributed by atoms with E-state index in [1.54, 1.807) is 36.3 Å². The first-order valence-corrected chi connectivity index (χ1v) is 6.96. The molecule has 19 heavy (non-hydrogen) atoms. The Labute approximate surface area is 116 Å². The Morgan fingerprint density at radius 2 is 2.16 bits per heavy atom. The number of thioether (sulfide) groups is 1. The quantitative estimate of drug-likeness (QED) is 0.824. The van der Waals surface area contributed by atoms with Gasteiger partial charge >= 0.3 is 0 Å². The van der Waals surface area contributed by atoms with Crippen molar-refractivity contribution < 1.29 is 4.39 Å². The van der Waals surface area contributed by atoms with Crippen molar-refractivity contribution in [2.24, 2.45) is 5.73 Å². The van der Waals surface area contributed by atoms with Crippen molar-refractivity contribution in [2.45, 2.75) is 17.4 Å². The monoisotopic (exact) mass is 277 g/mol. The molecule has 100 valence electrons. The van der Waals surface area contributed by atoms with Gasteiger partial charge in [-0.2, -0.15) is 0 Å². The molecule has 0 bridgehead atoms. The topological polar surface area (TPSA) is 64.9 Å². The van der Waals surface area contributed by atoms with Crippen LogP contribution in [0.4, 0.5) is 10.1 Å². The summed E-state index contributed by atoms with van der Waals surface area (Å²) in [6.07, 6.45) is 4.07. The second-order valence-electron chi connectivity index (χ2n) is 4.31. The zero-order chi connectivity index (χ0) is 13.7. The molecular weight excluding hydrogens is 261 g/mol. The van der Waals surface area contributed by atoms with Crippen molar-refractivity contribution in [1.29, 1.82) is 0 Å². The maximum absolute atomic E-state index is 13.0. The number of nitrogens with zero attached hydrogens (tertiary/aromatic N) is 1. The summed E-state index contributed by atoms with van der Waals surface area (Å²) in [5, 5.41) is 0. The number of hydrogen-bond acceptors (Lipinski definition) is 4. The van der Waals surface area contributed by atoms with Gasteiger partial charge in [0.1, 0.15) is 5.82 Å². The van der Waals surface area contributed by atoms with Crippen molar-refractivity contribution in [3.05, 3.63) is 54.1 Å². The average Bonchev–Trinajstić information content (AvgIpc) is 2.39. The first kappa shape index (κ1) is 13.8. The highest BCUT2D eigenvalue weighted by Crippen LogP contribution is 2.20. The van der Waals surface area contributed by atoms with Crippen LogP contribution in [0.1, 0.15) is 5.56 Å². The third kappa shape index (κ3) is 4.22. The largest absolute Gasteiger partial charge is 0.398 e. The Bertz CT molecular complexity index is 548. The standard InChI is InChI=1S/C14H16FN3S/c15-11-2-1-3-13(7-11)19-9-12(16)6-10-8-18-5-4-14(10)17/h1-5,7-8,12H,6,9,16H2,(H2,17,18). The van der Waals surface area contributed by atoms with Crippen LogP contribution in [0, 0.1) is 5.82 Å². The van der Waals surface area contributed by atoms with E-state index >= 15 is 0 Å². The molecule has 3 nitrogen and oxygen atoms in total. The van der Waals surface area contributed by atoms with Crippen LogP contribution in [0.5, 0.6) is 0 Å². The summed E-state index contributed by atoms with van der Waals surface area (Å²) >= 11 is 1.54. The number of nitrogens with two attached hydrogens (primary N) is 2. The van der Waals surface area contributed by atoms with Crippen LogP contribution >= 0.6 is 11.8 Å². The van der Waals surface area contributed by atoms with E-state index in [2.05, 4.69) is 4.98 Å².